The molecule has 5 nitrogen and oxygen atoms in total. The molecule has 0 amide bonds. The minimum Gasteiger partial charge on any atom is -0.459 e. The lowest BCUT2D eigenvalue weighted by molar-refractivity contribution is -0.306. The highest BCUT2D eigenvalue weighted by molar-refractivity contribution is 6.02. The molecule has 102 valence electrons. The largest absolute Gasteiger partial charge is 0.459 e. The third-order valence-corrected chi connectivity index (χ3v) is 3.54. The van der Waals surface area contributed by atoms with Gasteiger partial charge in [-0.15, -0.1) is 0 Å². The quantitative estimate of drug-likeness (QED) is 0.528. The van der Waals surface area contributed by atoms with Gasteiger partial charge in [0.15, 0.2) is 5.41 Å². The molecule has 0 aliphatic carbocycles. The molecule has 0 radical (unpaired) electrons. The molecule has 3 aliphatic heterocycles. The summed E-state index contributed by atoms with van der Waals surface area (Å²) in [6, 6.07) is 0. The van der Waals surface area contributed by atoms with Crippen molar-refractivity contribution in [2.45, 2.75) is 65.0 Å². The van der Waals surface area contributed by atoms with Crippen LogP contribution in [0.3, 0.4) is 0 Å². The third kappa shape index (κ3) is 1.81. The number of fused-ring (bicyclic) bond motifs is 3. The van der Waals surface area contributed by atoms with Gasteiger partial charge in [0.1, 0.15) is 5.60 Å². The zero-order valence-corrected chi connectivity index (χ0v) is 11.5. The molecule has 18 heavy (non-hydrogen) atoms. The molecule has 2 atom stereocenters. The second kappa shape index (κ2) is 3.70. The highest BCUT2D eigenvalue weighted by Crippen LogP contribution is 2.51. The molecule has 3 fully saturated rings. The molecule has 0 unspecified atom stereocenters. The molecule has 0 aromatic carbocycles. The minimum atomic E-state index is -1.34. The maximum atomic E-state index is 12.4. The van der Waals surface area contributed by atoms with Crippen LogP contribution < -0.4 is 0 Å². The number of carbonyl (C=O) groups is 2. The lowest BCUT2D eigenvalue weighted by Gasteiger charge is -2.52. The highest BCUT2D eigenvalue weighted by atomic mass is 16.7. The van der Waals surface area contributed by atoms with E-state index in [1.54, 1.807) is 34.6 Å². The lowest BCUT2D eigenvalue weighted by atomic mass is 9.67. The summed E-state index contributed by atoms with van der Waals surface area (Å²) < 4.78 is 16.1. The van der Waals surface area contributed by atoms with Crippen molar-refractivity contribution in [3.63, 3.8) is 0 Å². The van der Waals surface area contributed by atoms with Gasteiger partial charge in [-0.1, -0.05) is 0 Å². The van der Waals surface area contributed by atoms with Crippen LogP contribution in [0.4, 0.5) is 0 Å². The van der Waals surface area contributed by atoms with Crippen molar-refractivity contribution in [1.29, 1.82) is 0 Å². The molecule has 0 saturated carbocycles. The van der Waals surface area contributed by atoms with Crippen molar-refractivity contribution in [2.75, 3.05) is 0 Å². The average Bonchev–Trinajstić information content (AvgIpc) is 2.12. The van der Waals surface area contributed by atoms with Gasteiger partial charge in [0.05, 0.1) is 5.60 Å². The Kier molecular flexibility index (Phi) is 2.74. The standard InChI is InChI=1S/C13H20O5/c1-11(2,3)18-10(15)13-7-6-8(16-9(13)14)17-12(13,4)5/h8H,6-7H2,1-5H3/t8-,13+/m1/s1. The fourth-order valence-electron chi connectivity index (χ4n) is 2.57. The lowest BCUT2D eigenvalue weighted by Crippen LogP contribution is -2.67. The first kappa shape index (κ1) is 13.3. The van der Waals surface area contributed by atoms with Crippen molar-refractivity contribution < 1.29 is 23.8 Å². The van der Waals surface area contributed by atoms with Crippen LogP contribution in [0.25, 0.3) is 0 Å². The molecule has 0 aromatic rings. The van der Waals surface area contributed by atoms with Gasteiger partial charge in [-0.2, -0.15) is 0 Å². The van der Waals surface area contributed by atoms with Gasteiger partial charge in [0, 0.05) is 6.42 Å². The molecular weight excluding hydrogens is 236 g/mol. The Morgan fingerprint density at radius 2 is 2.00 bits per heavy atom. The summed E-state index contributed by atoms with van der Waals surface area (Å²) in [5.74, 6) is -1.08. The summed E-state index contributed by atoms with van der Waals surface area (Å²) >= 11 is 0. The van der Waals surface area contributed by atoms with E-state index in [1.807, 2.05) is 0 Å². The van der Waals surface area contributed by atoms with Crippen molar-refractivity contribution in [2.24, 2.45) is 5.41 Å². The van der Waals surface area contributed by atoms with E-state index in [2.05, 4.69) is 0 Å². The fraction of sp³-hybridized carbons (Fsp3) is 0.846. The topological polar surface area (TPSA) is 61.8 Å². The van der Waals surface area contributed by atoms with Crippen molar-refractivity contribution in [3.05, 3.63) is 0 Å². The van der Waals surface area contributed by atoms with E-state index >= 15 is 0 Å². The zero-order valence-electron chi connectivity index (χ0n) is 11.5. The van der Waals surface area contributed by atoms with Crippen LogP contribution in [-0.4, -0.2) is 29.4 Å². The summed E-state index contributed by atoms with van der Waals surface area (Å²) in [6.07, 6.45) is 0.420. The SMILES string of the molecule is CC(C)(C)OC(=O)[C@]12CC[C@H](OC1=O)OC2(C)C. The van der Waals surface area contributed by atoms with E-state index in [0.29, 0.717) is 12.8 Å². The first-order valence-electron chi connectivity index (χ1n) is 6.21. The van der Waals surface area contributed by atoms with E-state index in [0.717, 1.165) is 0 Å². The smallest absolute Gasteiger partial charge is 0.328 e. The molecule has 0 N–H and O–H groups in total. The highest BCUT2D eigenvalue weighted by Gasteiger charge is 2.67. The predicted octanol–water partition coefficient (Wildman–Crippen LogP) is 1.79. The molecule has 3 saturated heterocycles. The fourth-order valence-corrected chi connectivity index (χ4v) is 2.57. The van der Waals surface area contributed by atoms with Crippen LogP contribution in [0.15, 0.2) is 0 Å². The van der Waals surface area contributed by atoms with Crippen LogP contribution in [-0.2, 0) is 23.8 Å². The van der Waals surface area contributed by atoms with Crippen molar-refractivity contribution in [3.8, 4) is 0 Å². The average molecular weight is 256 g/mol. The second-order valence-corrected chi connectivity index (χ2v) is 6.41. The Hall–Kier alpha value is -1.10. The minimum absolute atomic E-state index is 0.415. The summed E-state index contributed by atoms with van der Waals surface area (Å²) in [4.78, 5) is 24.5. The number of hydrogen-bond acceptors (Lipinski definition) is 5. The van der Waals surface area contributed by atoms with Gasteiger partial charge in [0.25, 0.3) is 0 Å². The number of esters is 2. The van der Waals surface area contributed by atoms with Crippen LogP contribution in [0.1, 0.15) is 47.5 Å². The molecule has 3 heterocycles. The Balaban J connectivity index is 2.36. The Bertz CT molecular complexity index is 393. The van der Waals surface area contributed by atoms with Gasteiger partial charge in [-0.25, -0.2) is 0 Å². The molecule has 0 aromatic heterocycles. The summed E-state index contributed by atoms with van der Waals surface area (Å²) in [5.41, 5.74) is -2.88. The number of hydrogen-bond donors (Lipinski definition) is 0. The molecule has 2 bridgehead atoms. The number of ether oxygens (including phenoxy) is 3. The molecule has 0 spiro atoms. The summed E-state index contributed by atoms with van der Waals surface area (Å²) in [6.45, 7) is 8.80. The van der Waals surface area contributed by atoms with Crippen molar-refractivity contribution >= 4 is 11.9 Å². The van der Waals surface area contributed by atoms with E-state index in [-0.39, 0.29) is 0 Å². The van der Waals surface area contributed by atoms with E-state index in [4.69, 9.17) is 14.2 Å². The maximum absolute atomic E-state index is 12.4. The first-order valence-corrected chi connectivity index (χ1v) is 6.21. The Labute approximate surface area is 107 Å². The zero-order chi connectivity index (χ0) is 13.8. The first-order chi connectivity index (χ1) is 8.08. The number of carbonyl (C=O) groups excluding carboxylic acids is 2. The molecule has 3 aliphatic rings. The van der Waals surface area contributed by atoms with Gasteiger partial charge < -0.3 is 14.2 Å². The second-order valence-electron chi connectivity index (χ2n) is 6.41. The predicted molar refractivity (Wildman–Crippen MR) is 62.6 cm³/mol. The third-order valence-electron chi connectivity index (χ3n) is 3.54. The monoisotopic (exact) mass is 256 g/mol. The maximum Gasteiger partial charge on any atom is 0.328 e. The normalized spacial score (nSPS) is 34.1. The van der Waals surface area contributed by atoms with Crippen LogP contribution in [0.2, 0.25) is 0 Å². The van der Waals surface area contributed by atoms with Gasteiger partial charge in [-0.05, 0) is 41.0 Å². The molecule has 5 heteroatoms. The van der Waals surface area contributed by atoms with Gasteiger partial charge >= 0.3 is 11.9 Å². The van der Waals surface area contributed by atoms with E-state index < -0.39 is 34.8 Å². The Morgan fingerprint density at radius 1 is 1.39 bits per heavy atom. The molecule has 3 rings (SSSR count). The van der Waals surface area contributed by atoms with Crippen LogP contribution in [0, 0.1) is 5.41 Å². The van der Waals surface area contributed by atoms with Gasteiger partial charge in [-0.3, -0.25) is 9.59 Å². The van der Waals surface area contributed by atoms with Gasteiger partial charge in [0.2, 0.25) is 6.29 Å². The Morgan fingerprint density at radius 3 is 2.44 bits per heavy atom. The van der Waals surface area contributed by atoms with Crippen molar-refractivity contribution in [1.82, 2.24) is 0 Å². The van der Waals surface area contributed by atoms with Crippen LogP contribution in [0.5, 0.6) is 0 Å². The van der Waals surface area contributed by atoms with Crippen LogP contribution >= 0.6 is 0 Å². The summed E-state index contributed by atoms with van der Waals surface area (Å²) in [5, 5.41) is 0. The molecular formula is C13H20O5. The van der Waals surface area contributed by atoms with E-state index in [9.17, 15) is 9.59 Å². The number of rotatable bonds is 1. The van der Waals surface area contributed by atoms with E-state index in [1.165, 1.54) is 0 Å². The summed E-state index contributed by atoms with van der Waals surface area (Å²) in [7, 11) is 0.